The van der Waals surface area contributed by atoms with Crippen LogP contribution in [-0.2, 0) is 19.1 Å². The highest BCUT2D eigenvalue weighted by Crippen LogP contribution is 2.32. The number of hydrogen-bond donors (Lipinski definition) is 1. The molecule has 1 heterocycles. The molecule has 0 saturated heterocycles. The maximum Gasteiger partial charge on any atom is 0.416 e. The summed E-state index contributed by atoms with van der Waals surface area (Å²) in [6.45, 7) is 1.10. The van der Waals surface area contributed by atoms with Crippen molar-refractivity contribution in [1.29, 1.82) is 5.26 Å². The highest BCUT2D eigenvalue weighted by molar-refractivity contribution is 5.47. The molecule has 1 aromatic carbocycles. The molecule has 0 saturated carbocycles. The van der Waals surface area contributed by atoms with Gasteiger partial charge in [0.25, 0.3) is 0 Å². The van der Waals surface area contributed by atoms with E-state index in [4.69, 9.17) is 5.26 Å². The van der Waals surface area contributed by atoms with Crippen molar-refractivity contribution in [2.75, 3.05) is 6.54 Å². The monoisotopic (exact) mass is 226 g/mol. The third kappa shape index (κ3) is 1.89. The van der Waals surface area contributed by atoms with Gasteiger partial charge in [0.2, 0.25) is 0 Å². The summed E-state index contributed by atoms with van der Waals surface area (Å²) in [7, 11) is 0. The SMILES string of the molecule is N#Cc1cc(C(F)(F)F)cc2c1CCNC2. The minimum atomic E-state index is -4.39. The third-order valence-electron chi connectivity index (χ3n) is 2.66. The van der Waals surface area contributed by atoms with Crippen molar-refractivity contribution in [3.8, 4) is 6.07 Å². The van der Waals surface area contributed by atoms with Crippen LogP contribution in [0.5, 0.6) is 0 Å². The number of halogens is 3. The fourth-order valence-electron chi connectivity index (χ4n) is 1.88. The lowest BCUT2D eigenvalue weighted by Crippen LogP contribution is -2.25. The van der Waals surface area contributed by atoms with Crippen LogP contribution in [0.25, 0.3) is 0 Å². The van der Waals surface area contributed by atoms with Gasteiger partial charge < -0.3 is 5.32 Å². The Labute approximate surface area is 90.7 Å². The van der Waals surface area contributed by atoms with Crippen molar-refractivity contribution in [3.63, 3.8) is 0 Å². The average Bonchev–Trinajstić information content (AvgIpc) is 2.26. The molecule has 1 aliphatic rings. The van der Waals surface area contributed by atoms with Gasteiger partial charge in [-0.1, -0.05) is 0 Å². The zero-order chi connectivity index (χ0) is 11.8. The van der Waals surface area contributed by atoms with Crippen LogP contribution in [0.3, 0.4) is 0 Å². The molecular formula is C11H9F3N2. The fraction of sp³-hybridized carbons (Fsp3) is 0.364. The standard InChI is InChI=1S/C11H9F3N2/c12-11(13,14)9-3-7(5-15)10-1-2-16-6-8(10)4-9/h3-4,16H,1-2,6H2. The fourth-order valence-corrected chi connectivity index (χ4v) is 1.88. The Balaban J connectivity index is 2.58. The van der Waals surface area contributed by atoms with E-state index >= 15 is 0 Å². The average molecular weight is 226 g/mol. The Morgan fingerprint density at radius 2 is 2.06 bits per heavy atom. The van der Waals surface area contributed by atoms with Crippen molar-refractivity contribution in [2.24, 2.45) is 0 Å². The van der Waals surface area contributed by atoms with E-state index in [0.29, 0.717) is 25.1 Å². The minimum absolute atomic E-state index is 0.145. The predicted molar refractivity (Wildman–Crippen MR) is 51.6 cm³/mol. The summed E-state index contributed by atoms with van der Waals surface area (Å²) in [5.74, 6) is 0. The highest BCUT2D eigenvalue weighted by atomic mass is 19.4. The summed E-state index contributed by atoms with van der Waals surface area (Å²) >= 11 is 0. The second kappa shape index (κ2) is 3.80. The van der Waals surface area contributed by atoms with Gasteiger partial charge in [0.15, 0.2) is 0 Å². The van der Waals surface area contributed by atoms with E-state index in [1.165, 1.54) is 0 Å². The zero-order valence-electron chi connectivity index (χ0n) is 8.36. The van der Waals surface area contributed by atoms with Crippen LogP contribution < -0.4 is 5.32 Å². The van der Waals surface area contributed by atoms with Crippen molar-refractivity contribution >= 4 is 0 Å². The topological polar surface area (TPSA) is 35.8 Å². The van der Waals surface area contributed by atoms with Gasteiger partial charge in [0, 0.05) is 6.54 Å². The number of nitrogens with one attached hydrogen (secondary N) is 1. The highest BCUT2D eigenvalue weighted by Gasteiger charge is 2.32. The van der Waals surface area contributed by atoms with E-state index in [2.05, 4.69) is 5.32 Å². The van der Waals surface area contributed by atoms with Gasteiger partial charge >= 0.3 is 6.18 Å². The van der Waals surface area contributed by atoms with Crippen LogP contribution in [-0.4, -0.2) is 6.54 Å². The molecule has 1 aliphatic heterocycles. The van der Waals surface area contributed by atoms with Gasteiger partial charge in [-0.25, -0.2) is 0 Å². The molecular weight excluding hydrogens is 217 g/mol. The van der Waals surface area contributed by atoms with Crippen LogP contribution in [0.4, 0.5) is 13.2 Å². The molecule has 0 radical (unpaired) electrons. The van der Waals surface area contributed by atoms with Gasteiger partial charge in [0.05, 0.1) is 17.2 Å². The maximum atomic E-state index is 12.5. The third-order valence-corrected chi connectivity index (χ3v) is 2.66. The van der Waals surface area contributed by atoms with Crippen molar-refractivity contribution in [2.45, 2.75) is 19.1 Å². The lowest BCUT2D eigenvalue weighted by molar-refractivity contribution is -0.137. The van der Waals surface area contributed by atoms with Crippen molar-refractivity contribution in [3.05, 3.63) is 34.4 Å². The Bertz CT molecular complexity index is 458. The molecule has 2 rings (SSSR count). The van der Waals surface area contributed by atoms with E-state index in [1.54, 1.807) is 0 Å². The van der Waals surface area contributed by atoms with Gasteiger partial charge in [-0.2, -0.15) is 18.4 Å². The normalized spacial score (nSPS) is 15.4. The molecule has 1 aromatic rings. The van der Waals surface area contributed by atoms with Crippen molar-refractivity contribution in [1.82, 2.24) is 5.32 Å². The molecule has 0 unspecified atom stereocenters. The van der Waals surface area contributed by atoms with Gasteiger partial charge in [-0.3, -0.25) is 0 Å². The number of fused-ring (bicyclic) bond motifs is 1. The first-order valence-corrected chi connectivity index (χ1v) is 4.86. The summed E-state index contributed by atoms with van der Waals surface area (Å²) in [4.78, 5) is 0. The van der Waals surface area contributed by atoms with Crippen LogP contribution in [0, 0.1) is 11.3 Å². The first-order valence-electron chi connectivity index (χ1n) is 4.86. The summed E-state index contributed by atoms with van der Waals surface area (Å²) in [6.07, 6.45) is -3.78. The van der Waals surface area contributed by atoms with E-state index in [1.807, 2.05) is 6.07 Å². The predicted octanol–water partition coefficient (Wildman–Crippen LogP) is 2.22. The minimum Gasteiger partial charge on any atom is -0.312 e. The molecule has 0 spiro atoms. The van der Waals surface area contributed by atoms with Gasteiger partial charge in [-0.15, -0.1) is 0 Å². The number of benzene rings is 1. The summed E-state index contributed by atoms with van der Waals surface area (Å²) < 4.78 is 37.6. The second-order valence-electron chi connectivity index (χ2n) is 3.70. The molecule has 0 bridgehead atoms. The Morgan fingerprint density at radius 3 is 2.69 bits per heavy atom. The van der Waals surface area contributed by atoms with Gasteiger partial charge in [0.1, 0.15) is 0 Å². The van der Waals surface area contributed by atoms with E-state index in [9.17, 15) is 13.2 Å². The molecule has 84 valence electrons. The quantitative estimate of drug-likeness (QED) is 0.736. The smallest absolute Gasteiger partial charge is 0.312 e. The number of nitrogens with zero attached hydrogens (tertiary/aromatic N) is 1. The first kappa shape index (κ1) is 11.0. The maximum absolute atomic E-state index is 12.5. The number of nitriles is 1. The van der Waals surface area contributed by atoms with E-state index in [-0.39, 0.29) is 5.56 Å². The molecule has 0 fully saturated rings. The summed E-state index contributed by atoms with van der Waals surface area (Å²) in [5, 5.41) is 11.8. The summed E-state index contributed by atoms with van der Waals surface area (Å²) in [6, 6.07) is 3.90. The Hall–Kier alpha value is -1.54. The first-order chi connectivity index (χ1) is 7.52. The lowest BCUT2D eigenvalue weighted by atomic mass is 9.93. The number of alkyl halides is 3. The molecule has 0 amide bonds. The Kier molecular flexibility index (Phi) is 2.60. The van der Waals surface area contributed by atoms with Gasteiger partial charge in [-0.05, 0) is 36.2 Å². The molecule has 2 nitrogen and oxygen atoms in total. The second-order valence-corrected chi connectivity index (χ2v) is 3.70. The number of hydrogen-bond acceptors (Lipinski definition) is 2. The Morgan fingerprint density at radius 1 is 1.31 bits per heavy atom. The summed E-state index contributed by atoms with van der Waals surface area (Å²) in [5.41, 5.74) is 0.727. The van der Waals surface area contributed by atoms with E-state index < -0.39 is 11.7 Å². The van der Waals surface area contributed by atoms with Crippen LogP contribution in [0.2, 0.25) is 0 Å². The molecule has 5 heteroatoms. The largest absolute Gasteiger partial charge is 0.416 e. The van der Waals surface area contributed by atoms with Crippen molar-refractivity contribution < 1.29 is 13.2 Å². The number of rotatable bonds is 0. The van der Waals surface area contributed by atoms with Crippen LogP contribution in [0.1, 0.15) is 22.3 Å². The van der Waals surface area contributed by atoms with Crippen LogP contribution >= 0.6 is 0 Å². The molecule has 0 aliphatic carbocycles. The molecule has 1 N–H and O–H groups in total. The van der Waals surface area contributed by atoms with Crippen LogP contribution in [0.15, 0.2) is 12.1 Å². The zero-order valence-corrected chi connectivity index (χ0v) is 8.36. The molecule has 16 heavy (non-hydrogen) atoms. The lowest BCUT2D eigenvalue weighted by Gasteiger charge is -2.20. The van der Waals surface area contributed by atoms with E-state index in [0.717, 1.165) is 17.7 Å². The molecule has 0 aromatic heterocycles. The molecule has 0 atom stereocenters.